The van der Waals surface area contributed by atoms with Gasteiger partial charge in [-0.25, -0.2) is 8.42 Å². The number of amides is 1. The number of nitrogens with one attached hydrogen (secondary N) is 2. The molecule has 2 N–H and O–H groups in total. The number of hydrogen-bond donors (Lipinski definition) is 2. The first kappa shape index (κ1) is 25.0. The number of rotatable bonds is 7. The largest absolute Gasteiger partial charge is 0.416 e. The number of nitro benzene ring substituents is 1. The van der Waals surface area contributed by atoms with E-state index >= 15 is 0 Å². The normalized spacial score (nSPS) is 11.6. The Morgan fingerprint density at radius 1 is 1.00 bits per heavy atom. The second kappa shape index (κ2) is 9.69. The first-order valence-electron chi connectivity index (χ1n) is 9.38. The Kier molecular flexibility index (Phi) is 7.12. The van der Waals surface area contributed by atoms with Crippen LogP contribution in [0.1, 0.15) is 11.1 Å². The molecule has 0 aliphatic rings. The Labute approximate surface area is 196 Å². The molecule has 3 rings (SSSR count). The molecule has 34 heavy (non-hydrogen) atoms. The monoisotopic (exact) mass is 513 g/mol. The number of anilines is 2. The average Bonchev–Trinajstić information content (AvgIpc) is 2.74. The van der Waals surface area contributed by atoms with Crippen LogP contribution in [0.25, 0.3) is 0 Å². The summed E-state index contributed by atoms with van der Waals surface area (Å²) < 4.78 is 65.6. The minimum absolute atomic E-state index is 0.0651. The zero-order valence-corrected chi connectivity index (χ0v) is 18.5. The fourth-order valence-electron chi connectivity index (χ4n) is 2.89. The fraction of sp³-hybridized carbons (Fsp3) is 0.0952. The molecule has 0 radical (unpaired) electrons. The van der Waals surface area contributed by atoms with E-state index in [1.165, 1.54) is 48.5 Å². The van der Waals surface area contributed by atoms with Gasteiger partial charge in [-0.1, -0.05) is 23.7 Å². The lowest BCUT2D eigenvalue weighted by molar-refractivity contribution is -0.384. The summed E-state index contributed by atoms with van der Waals surface area (Å²) in [5, 5.41) is 13.4. The number of hydrogen-bond acceptors (Lipinski definition) is 5. The number of halogens is 4. The van der Waals surface area contributed by atoms with E-state index in [0.717, 1.165) is 12.1 Å². The molecule has 3 aromatic rings. The minimum atomic E-state index is -4.63. The summed E-state index contributed by atoms with van der Waals surface area (Å²) in [6, 6.07) is 12.6. The summed E-state index contributed by atoms with van der Waals surface area (Å²) in [5.74, 6) is -0.519. The molecule has 8 nitrogen and oxygen atoms in total. The van der Waals surface area contributed by atoms with Crippen LogP contribution in [0, 0.1) is 10.1 Å². The standard InChI is InChI=1S/C21H15ClF3N3O5S/c22-18-9-4-13(10-19(18)28(30)31)11-20(29)26-15-5-7-17(8-6-15)34(32,33)27-16-3-1-2-14(12-16)21(23,24)25/h1-10,12,27H,11H2,(H,26,29). The van der Waals surface area contributed by atoms with Crippen molar-refractivity contribution in [3.8, 4) is 0 Å². The Bertz CT molecular complexity index is 1350. The van der Waals surface area contributed by atoms with Crippen LogP contribution in [-0.4, -0.2) is 19.2 Å². The number of carbonyl (C=O) groups is 1. The van der Waals surface area contributed by atoms with Crippen molar-refractivity contribution in [1.82, 2.24) is 0 Å². The topological polar surface area (TPSA) is 118 Å². The SMILES string of the molecule is O=C(Cc1ccc(Cl)c([N+](=O)[O-])c1)Nc1ccc(S(=O)(=O)Nc2cccc(C(F)(F)F)c2)cc1. The molecule has 3 aromatic carbocycles. The molecule has 0 saturated heterocycles. The van der Waals surface area contributed by atoms with Crippen LogP contribution in [0.3, 0.4) is 0 Å². The molecule has 178 valence electrons. The lowest BCUT2D eigenvalue weighted by Crippen LogP contribution is -2.16. The maximum Gasteiger partial charge on any atom is 0.416 e. The Balaban J connectivity index is 1.68. The molecule has 13 heteroatoms. The fourth-order valence-corrected chi connectivity index (χ4v) is 4.13. The highest BCUT2D eigenvalue weighted by molar-refractivity contribution is 7.92. The highest BCUT2D eigenvalue weighted by Gasteiger charge is 2.30. The number of carbonyl (C=O) groups excluding carboxylic acids is 1. The van der Waals surface area contributed by atoms with E-state index in [2.05, 4.69) is 10.0 Å². The lowest BCUT2D eigenvalue weighted by Gasteiger charge is -2.12. The second-order valence-electron chi connectivity index (χ2n) is 6.98. The molecule has 0 saturated carbocycles. The maximum absolute atomic E-state index is 12.8. The van der Waals surface area contributed by atoms with Gasteiger partial charge in [-0.2, -0.15) is 13.2 Å². The van der Waals surface area contributed by atoms with Crippen molar-refractivity contribution in [3.05, 3.63) is 93.0 Å². The van der Waals surface area contributed by atoms with Gasteiger partial charge in [-0.05, 0) is 54.1 Å². The maximum atomic E-state index is 12.8. The van der Waals surface area contributed by atoms with Crippen molar-refractivity contribution in [1.29, 1.82) is 0 Å². The molecule has 0 heterocycles. The molecule has 0 aliphatic carbocycles. The Morgan fingerprint density at radius 3 is 2.29 bits per heavy atom. The van der Waals surface area contributed by atoms with Gasteiger partial charge in [0, 0.05) is 17.4 Å². The van der Waals surface area contributed by atoms with Gasteiger partial charge >= 0.3 is 6.18 Å². The average molecular weight is 514 g/mol. The van der Waals surface area contributed by atoms with Gasteiger partial charge in [-0.15, -0.1) is 0 Å². The van der Waals surface area contributed by atoms with Crippen molar-refractivity contribution >= 4 is 44.6 Å². The second-order valence-corrected chi connectivity index (χ2v) is 9.07. The summed E-state index contributed by atoms with van der Waals surface area (Å²) in [4.78, 5) is 22.3. The third-order valence-electron chi connectivity index (χ3n) is 4.46. The predicted octanol–water partition coefficient (Wildman–Crippen LogP) is 5.25. The molecule has 0 aromatic heterocycles. The van der Waals surface area contributed by atoms with Crippen molar-refractivity contribution < 1.29 is 31.3 Å². The van der Waals surface area contributed by atoms with Crippen LogP contribution in [0.5, 0.6) is 0 Å². The van der Waals surface area contributed by atoms with E-state index in [4.69, 9.17) is 11.6 Å². The zero-order valence-electron chi connectivity index (χ0n) is 17.0. The zero-order chi connectivity index (χ0) is 25.1. The molecule has 0 atom stereocenters. The van der Waals surface area contributed by atoms with E-state index in [0.29, 0.717) is 11.6 Å². The number of alkyl halides is 3. The molecule has 0 aliphatic heterocycles. The van der Waals surface area contributed by atoms with Crippen molar-refractivity contribution in [2.75, 3.05) is 10.0 Å². The van der Waals surface area contributed by atoms with Gasteiger partial charge in [0.05, 0.1) is 21.8 Å². The lowest BCUT2D eigenvalue weighted by atomic mass is 10.1. The predicted molar refractivity (Wildman–Crippen MR) is 119 cm³/mol. The van der Waals surface area contributed by atoms with Gasteiger partial charge in [0.15, 0.2) is 0 Å². The molecule has 1 amide bonds. The van der Waals surface area contributed by atoms with E-state index < -0.39 is 32.6 Å². The highest BCUT2D eigenvalue weighted by Crippen LogP contribution is 2.31. The van der Waals surface area contributed by atoms with E-state index in [1.54, 1.807) is 0 Å². The van der Waals surface area contributed by atoms with Crippen LogP contribution in [0.4, 0.5) is 30.2 Å². The van der Waals surface area contributed by atoms with Gasteiger partial charge in [0.1, 0.15) is 5.02 Å². The van der Waals surface area contributed by atoms with Crippen molar-refractivity contribution in [3.63, 3.8) is 0 Å². The minimum Gasteiger partial charge on any atom is -0.326 e. The smallest absolute Gasteiger partial charge is 0.326 e. The molecule has 0 spiro atoms. The van der Waals surface area contributed by atoms with Crippen molar-refractivity contribution in [2.24, 2.45) is 0 Å². The first-order chi connectivity index (χ1) is 15.8. The number of nitrogens with zero attached hydrogens (tertiary/aromatic N) is 1. The van der Waals surface area contributed by atoms with E-state index in [1.807, 2.05) is 0 Å². The summed E-state index contributed by atoms with van der Waals surface area (Å²) in [7, 11) is -4.19. The summed E-state index contributed by atoms with van der Waals surface area (Å²) in [5.41, 5.74) is -1.01. The first-order valence-corrected chi connectivity index (χ1v) is 11.2. The molecular formula is C21H15ClF3N3O5S. The Morgan fingerprint density at radius 2 is 1.68 bits per heavy atom. The van der Waals surface area contributed by atoms with Gasteiger partial charge in [-0.3, -0.25) is 19.6 Å². The van der Waals surface area contributed by atoms with E-state index in [9.17, 15) is 36.5 Å². The van der Waals surface area contributed by atoms with E-state index in [-0.39, 0.29) is 33.4 Å². The highest BCUT2D eigenvalue weighted by atomic mass is 35.5. The number of benzene rings is 3. The van der Waals surface area contributed by atoms with Gasteiger partial charge < -0.3 is 5.32 Å². The quantitative estimate of drug-likeness (QED) is 0.330. The van der Waals surface area contributed by atoms with Crippen LogP contribution in [0.2, 0.25) is 5.02 Å². The molecule has 0 bridgehead atoms. The van der Waals surface area contributed by atoms with Crippen LogP contribution in [0.15, 0.2) is 71.6 Å². The molecular weight excluding hydrogens is 499 g/mol. The number of nitro groups is 1. The third-order valence-corrected chi connectivity index (χ3v) is 6.18. The van der Waals surface area contributed by atoms with Gasteiger partial charge in [0.2, 0.25) is 5.91 Å². The van der Waals surface area contributed by atoms with Crippen molar-refractivity contribution in [2.45, 2.75) is 17.5 Å². The Hall–Kier alpha value is -3.64. The third kappa shape index (κ3) is 6.23. The molecule has 0 fully saturated rings. The van der Waals surface area contributed by atoms with Crippen LogP contribution < -0.4 is 10.0 Å². The summed E-state index contributed by atoms with van der Waals surface area (Å²) >= 11 is 5.74. The molecule has 0 unspecified atom stereocenters. The summed E-state index contributed by atoms with van der Waals surface area (Å²) in [6.45, 7) is 0. The summed E-state index contributed by atoms with van der Waals surface area (Å²) in [6.07, 6.45) is -4.83. The van der Waals surface area contributed by atoms with Crippen LogP contribution in [-0.2, 0) is 27.4 Å². The van der Waals surface area contributed by atoms with Gasteiger partial charge in [0.25, 0.3) is 15.7 Å². The number of sulfonamides is 1. The van der Waals surface area contributed by atoms with Crippen LogP contribution >= 0.6 is 11.6 Å².